The highest BCUT2D eigenvalue weighted by molar-refractivity contribution is 7.86. The highest BCUT2D eigenvalue weighted by atomic mass is 32.2. The molecule has 13 nitrogen and oxygen atoms in total. The quantitative estimate of drug-likeness (QED) is 0.0980. The van der Waals surface area contributed by atoms with E-state index in [0.717, 1.165) is 5.56 Å². The zero-order chi connectivity index (χ0) is 38.0. The molecule has 3 heterocycles. The van der Waals surface area contributed by atoms with Gasteiger partial charge >= 0.3 is 5.82 Å². The fourth-order valence-electron chi connectivity index (χ4n) is 6.50. The predicted octanol–water partition coefficient (Wildman–Crippen LogP) is 3.47. The van der Waals surface area contributed by atoms with Gasteiger partial charge in [-0.3, -0.25) is 18.5 Å². The SMILES string of the molecule is [B]c1cc2c([n+](CCCS(=O)(=O)O)c1)N=C(/C=C/C=C/C=C1/N(CCCS(=O)(=O)O)c3ccc(S(=O)(=O)O)cc3C1(C)CCC(=O)CC)C2(C)C. The van der Waals surface area contributed by atoms with Gasteiger partial charge in [0.05, 0.1) is 40.1 Å². The summed E-state index contributed by atoms with van der Waals surface area (Å²) in [6, 6.07) is 6.00. The number of aromatic nitrogens is 1. The van der Waals surface area contributed by atoms with Crippen molar-refractivity contribution < 1.29 is 48.3 Å². The summed E-state index contributed by atoms with van der Waals surface area (Å²) in [5.41, 5.74) is 2.39. The molecule has 2 aliphatic rings. The molecular weight excluding hydrogens is 717 g/mol. The van der Waals surface area contributed by atoms with E-state index in [1.165, 1.54) is 18.2 Å². The number of aliphatic imine (C=N–C) groups is 1. The van der Waals surface area contributed by atoms with Crippen molar-refractivity contribution in [2.75, 3.05) is 23.0 Å². The topological polar surface area (TPSA) is 200 Å². The summed E-state index contributed by atoms with van der Waals surface area (Å²) in [6.45, 7) is 8.02. The maximum atomic E-state index is 12.5. The Morgan fingerprint density at radius 2 is 1.61 bits per heavy atom. The Labute approximate surface area is 301 Å². The van der Waals surface area contributed by atoms with E-state index in [0.29, 0.717) is 46.8 Å². The molecule has 2 aliphatic heterocycles. The third-order valence-electron chi connectivity index (χ3n) is 9.29. The van der Waals surface area contributed by atoms with Crippen molar-refractivity contribution >= 4 is 66.7 Å². The van der Waals surface area contributed by atoms with E-state index in [9.17, 15) is 39.2 Å². The largest absolute Gasteiger partial charge is 0.344 e. The molecule has 1 aromatic heterocycles. The minimum Gasteiger partial charge on any atom is -0.344 e. The number of allylic oxidation sites excluding steroid dienone is 6. The van der Waals surface area contributed by atoms with Crippen molar-refractivity contribution in [1.29, 1.82) is 0 Å². The van der Waals surface area contributed by atoms with Crippen molar-refractivity contribution in [1.82, 2.24) is 0 Å². The van der Waals surface area contributed by atoms with Gasteiger partial charge < -0.3 is 4.90 Å². The molecule has 0 bridgehead atoms. The number of pyridine rings is 1. The van der Waals surface area contributed by atoms with Crippen molar-refractivity contribution in [2.24, 2.45) is 4.99 Å². The standard InChI is InChI=1S/C34H42BN3O10S3/c1-5-25(39)15-16-34(4)27-22-26(51(46,47)48)13-14-29(27)38(18-10-20-50(43,44)45)31(34)12-8-6-7-11-30-33(2,3)28-21-24(35)23-37(32(28)36-30)17-9-19-49(40,41)42/h6-8,11-14,21-23H,5,9-10,15-20H2,1-4H3,(H2-,40,41,42,43,44,45,46,47,48)/p+1. The van der Waals surface area contributed by atoms with Crippen LogP contribution in [0.15, 0.2) is 76.4 Å². The van der Waals surface area contributed by atoms with Gasteiger partial charge in [0.2, 0.25) is 0 Å². The number of carbonyl (C=O) groups is 1. The van der Waals surface area contributed by atoms with E-state index >= 15 is 0 Å². The monoisotopic (exact) mass is 760 g/mol. The Balaban J connectivity index is 1.70. The lowest BCUT2D eigenvalue weighted by Crippen LogP contribution is -2.39. The third-order valence-corrected chi connectivity index (χ3v) is 11.7. The molecule has 1 atom stereocenters. The van der Waals surface area contributed by atoms with Gasteiger partial charge in [0.15, 0.2) is 5.71 Å². The summed E-state index contributed by atoms with van der Waals surface area (Å²) in [4.78, 5) is 18.8. The molecule has 0 saturated carbocycles. The molecule has 1 unspecified atom stereocenters. The van der Waals surface area contributed by atoms with Crippen molar-refractivity contribution in [3.05, 3.63) is 77.7 Å². The maximum Gasteiger partial charge on any atom is 0.327 e. The molecule has 4 rings (SSSR count). The summed E-state index contributed by atoms with van der Waals surface area (Å²) in [6.07, 6.45) is 11.7. The second-order valence-corrected chi connectivity index (χ2v) is 18.0. The number of fused-ring (bicyclic) bond motifs is 2. The van der Waals surface area contributed by atoms with Gasteiger partial charge in [-0.05, 0) is 74.5 Å². The summed E-state index contributed by atoms with van der Waals surface area (Å²) in [5.74, 6) is -0.261. The smallest absolute Gasteiger partial charge is 0.327 e. The van der Waals surface area contributed by atoms with Gasteiger partial charge in [0.1, 0.15) is 13.6 Å². The molecule has 274 valence electrons. The average Bonchev–Trinajstić information content (AvgIpc) is 3.40. The number of benzene rings is 1. The Kier molecular flexibility index (Phi) is 12.0. The first-order valence-electron chi connectivity index (χ1n) is 16.4. The number of hydrogen-bond donors (Lipinski definition) is 3. The molecule has 51 heavy (non-hydrogen) atoms. The summed E-state index contributed by atoms with van der Waals surface area (Å²) < 4.78 is 99.9. The Bertz CT molecular complexity index is 2160. The van der Waals surface area contributed by atoms with Crippen LogP contribution in [0.5, 0.6) is 0 Å². The number of hydrogen-bond acceptors (Lipinski definition) is 9. The molecule has 1 aromatic carbocycles. The van der Waals surface area contributed by atoms with E-state index in [1.54, 1.807) is 35.9 Å². The van der Waals surface area contributed by atoms with Crippen LogP contribution < -0.4 is 14.9 Å². The van der Waals surface area contributed by atoms with Gasteiger partial charge in [-0.2, -0.15) is 25.3 Å². The number of rotatable bonds is 16. The number of carbonyl (C=O) groups excluding carboxylic acids is 1. The van der Waals surface area contributed by atoms with E-state index in [1.807, 2.05) is 43.9 Å². The first kappa shape index (κ1) is 40.3. The minimum absolute atomic E-state index is 0.00816. The highest BCUT2D eigenvalue weighted by Gasteiger charge is 2.44. The molecule has 0 aliphatic carbocycles. The Morgan fingerprint density at radius 3 is 2.24 bits per heavy atom. The van der Waals surface area contributed by atoms with Crippen LogP contribution in [-0.4, -0.2) is 76.3 Å². The van der Waals surface area contributed by atoms with Crippen molar-refractivity contribution in [2.45, 2.75) is 82.1 Å². The normalized spacial score (nSPS) is 19.6. The lowest BCUT2D eigenvalue weighted by atomic mass is 9.77. The Morgan fingerprint density at radius 1 is 0.941 bits per heavy atom. The fraction of sp³-hybridized carbons (Fsp3) is 0.441. The maximum absolute atomic E-state index is 12.5. The molecule has 17 heteroatoms. The summed E-state index contributed by atoms with van der Waals surface area (Å²) in [7, 11) is -6.76. The third kappa shape index (κ3) is 9.70. The lowest BCUT2D eigenvalue weighted by Gasteiger charge is -2.30. The highest BCUT2D eigenvalue weighted by Crippen LogP contribution is 2.51. The van der Waals surface area contributed by atoms with Crippen molar-refractivity contribution in [3.8, 4) is 0 Å². The molecule has 0 fully saturated rings. The predicted molar refractivity (Wildman–Crippen MR) is 196 cm³/mol. The number of Topliss-reactive ketones (excluding diaryl/α,β-unsaturated/α-hetero) is 1. The number of aryl methyl sites for hydroxylation is 1. The fourth-order valence-corrected chi connectivity index (χ4v) is 7.99. The van der Waals surface area contributed by atoms with Crippen LogP contribution in [-0.2, 0) is 52.5 Å². The lowest BCUT2D eigenvalue weighted by molar-refractivity contribution is -0.683. The molecule has 0 spiro atoms. The van der Waals surface area contributed by atoms with Gasteiger partial charge in [-0.1, -0.05) is 36.7 Å². The zero-order valence-electron chi connectivity index (χ0n) is 29.0. The molecule has 0 saturated heterocycles. The van der Waals surface area contributed by atoms with Crippen LogP contribution in [0.1, 0.15) is 70.9 Å². The van der Waals surface area contributed by atoms with Crippen LogP contribution in [0.25, 0.3) is 0 Å². The second-order valence-electron chi connectivity index (χ2n) is 13.4. The molecule has 0 amide bonds. The Hall–Kier alpha value is -3.48. The molecular formula is C34H43BN3O10S3+. The number of nitrogens with zero attached hydrogens (tertiary/aromatic N) is 3. The van der Waals surface area contributed by atoms with E-state index in [2.05, 4.69) is 0 Å². The van der Waals surface area contributed by atoms with E-state index in [4.69, 9.17) is 17.4 Å². The van der Waals surface area contributed by atoms with Gasteiger partial charge in [0.25, 0.3) is 30.4 Å². The summed E-state index contributed by atoms with van der Waals surface area (Å²) >= 11 is 0. The van der Waals surface area contributed by atoms with E-state index < -0.39 is 52.7 Å². The van der Waals surface area contributed by atoms with E-state index in [-0.39, 0.29) is 43.0 Å². The minimum atomic E-state index is -4.55. The van der Waals surface area contributed by atoms with Gasteiger partial charge in [0, 0.05) is 42.6 Å². The number of ketones is 1. The first-order valence-corrected chi connectivity index (χ1v) is 21.0. The zero-order valence-corrected chi connectivity index (χ0v) is 31.4. The van der Waals surface area contributed by atoms with Gasteiger partial charge in [-0.25, -0.2) is 4.57 Å². The van der Waals surface area contributed by atoms with Crippen LogP contribution >= 0.6 is 0 Å². The first-order chi connectivity index (χ1) is 23.6. The van der Waals surface area contributed by atoms with Crippen LogP contribution in [0.3, 0.4) is 0 Å². The molecule has 2 radical (unpaired) electrons. The molecule has 2 aromatic rings. The number of anilines is 1. The average molecular weight is 761 g/mol. The van der Waals surface area contributed by atoms with Crippen LogP contribution in [0.2, 0.25) is 0 Å². The van der Waals surface area contributed by atoms with Gasteiger partial charge in [-0.15, -0.1) is 0 Å². The van der Waals surface area contributed by atoms with Crippen LogP contribution in [0.4, 0.5) is 11.5 Å². The van der Waals surface area contributed by atoms with Crippen molar-refractivity contribution in [3.63, 3.8) is 0 Å². The second kappa shape index (κ2) is 15.2. The molecule has 3 N–H and O–H groups in total. The summed E-state index contributed by atoms with van der Waals surface area (Å²) in [5, 5.41) is 0. The van der Waals surface area contributed by atoms with Crippen LogP contribution in [0, 0.1) is 0 Å².